The van der Waals surface area contributed by atoms with E-state index in [9.17, 15) is 9.59 Å². The van der Waals surface area contributed by atoms with E-state index in [1.165, 1.54) is 18.9 Å². The number of carbonyl (C=O) groups is 2. The van der Waals surface area contributed by atoms with Crippen molar-refractivity contribution >= 4 is 11.9 Å². The molecule has 3 fully saturated rings. The van der Waals surface area contributed by atoms with Gasteiger partial charge in [0.15, 0.2) is 0 Å². The van der Waals surface area contributed by atoms with Gasteiger partial charge in [0.05, 0.1) is 37.6 Å². The average molecular weight is 487 g/mol. The SMILES string of the molecule is C=CC(=O)OCC1CCC(COC(=O)c2ccc(OCCOCC3CCC4OC4C3)c(C)c2)CC1. The number of esters is 2. The summed E-state index contributed by atoms with van der Waals surface area (Å²) in [5, 5.41) is 0. The van der Waals surface area contributed by atoms with Crippen LogP contribution >= 0.6 is 0 Å². The van der Waals surface area contributed by atoms with Crippen LogP contribution in [0.2, 0.25) is 0 Å². The molecule has 7 nitrogen and oxygen atoms in total. The zero-order chi connectivity index (χ0) is 24.6. The number of aryl methyl sites for hydroxylation is 1. The van der Waals surface area contributed by atoms with E-state index in [4.69, 9.17) is 23.7 Å². The predicted molar refractivity (Wildman–Crippen MR) is 130 cm³/mol. The molecular formula is C28H38O7. The number of benzene rings is 1. The first-order chi connectivity index (χ1) is 17.0. The van der Waals surface area contributed by atoms with Crippen LogP contribution in [0.1, 0.15) is 60.9 Å². The minimum Gasteiger partial charge on any atom is -0.491 e. The minimum absolute atomic E-state index is 0.306. The molecule has 0 bridgehead atoms. The van der Waals surface area contributed by atoms with Crippen LogP contribution in [0.5, 0.6) is 5.75 Å². The summed E-state index contributed by atoms with van der Waals surface area (Å²) in [6.45, 7) is 8.00. The van der Waals surface area contributed by atoms with Crippen molar-refractivity contribution in [2.24, 2.45) is 17.8 Å². The fourth-order valence-corrected chi connectivity index (χ4v) is 5.14. The molecule has 0 N–H and O–H groups in total. The maximum Gasteiger partial charge on any atom is 0.338 e. The van der Waals surface area contributed by atoms with Crippen molar-refractivity contribution in [1.82, 2.24) is 0 Å². The number of epoxide rings is 1. The molecule has 3 unspecified atom stereocenters. The van der Waals surface area contributed by atoms with Crippen LogP contribution in [0.3, 0.4) is 0 Å². The highest BCUT2D eigenvalue weighted by molar-refractivity contribution is 5.89. The molecule has 2 aliphatic carbocycles. The van der Waals surface area contributed by atoms with E-state index in [2.05, 4.69) is 6.58 Å². The number of fused-ring (bicyclic) bond motifs is 1. The van der Waals surface area contributed by atoms with Crippen molar-refractivity contribution in [3.8, 4) is 5.75 Å². The van der Waals surface area contributed by atoms with Crippen LogP contribution in [-0.2, 0) is 23.7 Å². The van der Waals surface area contributed by atoms with E-state index >= 15 is 0 Å². The van der Waals surface area contributed by atoms with Crippen molar-refractivity contribution in [3.05, 3.63) is 42.0 Å². The van der Waals surface area contributed by atoms with Gasteiger partial charge in [-0.2, -0.15) is 0 Å². The number of hydrogen-bond acceptors (Lipinski definition) is 7. The molecule has 3 atom stereocenters. The largest absolute Gasteiger partial charge is 0.491 e. The highest BCUT2D eigenvalue weighted by Gasteiger charge is 2.43. The third-order valence-corrected chi connectivity index (χ3v) is 7.41. The van der Waals surface area contributed by atoms with E-state index in [0.29, 0.717) is 62.0 Å². The summed E-state index contributed by atoms with van der Waals surface area (Å²) in [5.74, 6) is 1.40. The predicted octanol–water partition coefficient (Wildman–Crippen LogP) is 4.65. The lowest BCUT2D eigenvalue weighted by Crippen LogP contribution is -2.23. The molecule has 1 aromatic carbocycles. The second kappa shape index (κ2) is 12.5. The molecule has 0 aromatic heterocycles. The number of carbonyl (C=O) groups excluding carboxylic acids is 2. The smallest absolute Gasteiger partial charge is 0.338 e. The molecule has 0 amide bonds. The second-order valence-electron chi connectivity index (χ2n) is 10.1. The fraction of sp³-hybridized carbons (Fsp3) is 0.643. The number of hydrogen-bond donors (Lipinski definition) is 0. The molecule has 1 heterocycles. The Bertz CT molecular complexity index is 874. The van der Waals surface area contributed by atoms with Gasteiger partial charge in [0.25, 0.3) is 0 Å². The van der Waals surface area contributed by atoms with E-state index in [-0.39, 0.29) is 11.9 Å². The fourth-order valence-electron chi connectivity index (χ4n) is 5.14. The Morgan fingerprint density at radius 3 is 2.34 bits per heavy atom. The molecule has 192 valence electrons. The van der Waals surface area contributed by atoms with Gasteiger partial charge in [0, 0.05) is 12.7 Å². The summed E-state index contributed by atoms with van der Waals surface area (Å²) < 4.78 is 28.0. The summed E-state index contributed by atoms with van der Waals surface area (Å²) in [6.07, 6.45) is 9.55. The Hall–Kier alpha value is -2.38. The van der Waals surface area contributed by atoms with Gasteiger partial charge in [-0.05, 0) is 93.4 Å². The molecule has 1 aliphatic heterocycles. The first kappa shape index (κ1) is 25.7. The van der Waals surface area contributed by atoms with Crippen LogP contribution in [0.25, 0.3) is 0 Å². The molecule has 0 spiro atoms. The third-order valence-electron chi connectivity index (χ3n) is 7.41. The van der Waals surface area contributed by atoms with Crippen LogP contribution in [0.4, 0.5) is 0 Å². The maximum atomic E-state index is 12.5. The number of rotatable bonds is 12. The highest BCUT2D eigenvalue weighted by atomic mass is 16.6. The van der Waals surface area contributed by atoms with Crippen molar-refractivity contribution in [2.75, 3.05) is 33.0 Å². The van der Waals surface area contributed by atoms with Crippen molar-refractivity contribution in [1.29, 1.82) is 0 Å². The Kier molecular flexibility index (Phi) is 9.21. The first-order valence-electron chi connectivity index (χ1n) is 12.9. The Balaban J connectivity index is 1.10. The lowest BCUT2D eigenvalue weighted by molar-refractivity contribution is -0.139. The topological polar surface area (TPSA) is 83.6 Å². The van der Waals surface area contributed by atoms with Gasteiger partial charge in [-0.1, -0.05) is 6.58 Å². The summed E-state index contributed by atoms with van der Waals surface area (Å²) in [6, 6.07) is 5.40. The monoisotopic (exact) mass is 486 g/mol. The molecule has 1 saturated heterocycles. The van der Waals surface area contributed by atoms with Crippen LogP contribution in [-0.4, -0.2) is 57.2 Å². The van der Waals surface area contributed by atoms with Gasteiger partial charge in [0.1, 0.15) is 12.4 Å². The average Bonchev–Trinajstić information content (AvgIpc) is 3.66. The van der Waals surface area contributed by atoms with Gasteiger partial charge in [-0.3, -0.25) is 0 Å². The van der Waals surface area contributed by atoms with Crippen LogP contribution in [0, 0.1) is 24.7 Å². The maximum absolute atomic E-state index is 12.5. The molecule has 2 saturated carbocycles. The molecule has 35 heavy (non-hydrogen) atoms. The van der Waals surface area contributed by atoms with Gasteiger partial charge in [0.2, 0.25) is 0 Å². The van der Waals surface area contributed by atoms with E-state index in [1.807, 2.05) is 19.1 Å². The lowest BCUT2D eigenvalue weighted by Gasteiger charge is -2.27. The van der Waals surface area contributed by atoms with Crippen LogP contribution in [0.15, 0.2) is 30.9 Å². The first-order valence-corrected chi connectivity index (χ1v) is 12.9. The zero-order valence-electron chi connectivity index (χ0n) is 20.7. The highest BCUT2D eigenvalue weighted by Crippen LogP contribution is 2.39. The molecule has 3 aliphatic rings. The van der Waals surface area contributed by atoms with Gasteiger partial charge < -0.3 is 23.7 Å². The van der Waals surface area contributed by atoms with Crippen molar-refractivity contribution < 1.29 is 33.3 Å². The zero-order valence-corrected chi connectivity index (χ0v) is 20.7. The van der Waals surface area contributed by atoms with Gasteiger partial charge >= 0.3 is 11.9 Å². The molecule has 1 aromatic rings. The molecular weight excluding hydrogens is 448 g/mol. The molecule has 4 rings (SSSR count). The van der Waals surface area contributed by atoms with Gasteiger partial charge in [-0.25, -0.2) is 9.59 Å². The van der Waals surface area contributed by atoms with Gasteiger partial charge in [-0.15, -0.1) is 0 Å². The Morgan fingerprint density at radius 2 is 1.66 bits per heavy atom. The standard InChI is InChI=1S/C28H38O7/c1-3-27(29)33-17-20-4-6-21(7-5-20)18-34-28(30)23-9-11-24(19(2)14-23)32-13-12-31-16-22-8-10-25-26(15-22)35-25/h3,9,11,14,20-22,25-26H,1,4-8,10,12-13,15-18H2,2H3. The lowest BCUT2D eigenvalue weighted by atomic mass is 9.83. The third kappa shape index (κ3) is 7.80. The number of ether oxygens (including phenoxy) is 5. The van der Waals surface area contributed by atoms with Crippen molar-refractivity contribution in [2.45, 2.75) is 64.1 Å². The second-order valence-corrected chi connectivity index (χ2v) is 10.1. The van der Waals surface area contributed by atoms with E-state index in [0.717, 1.165) is 50.0 Å². The normalized spacial score (nSPS) is 27.4. The summed E-state index contributed by atoms with van der Waals surface area (Å²) in [5.41, 5.74) is 1.44. The summed E-state index contributed by atoms with van der Waals surface area (Å²) in [7, 11) is 0. The van der Waals surface area contributed by atoms with E-state index < -0.39 is 0 Å². The Morgan fingerprint density at radius 1 is 0.943 bits per heavy atom. The summed E-state index contributed by atoms with van der Waals surface area (Å²) >= 11 is 0. The van der Waals surface area contributed by atoms with E-state index in [1.54, 1.807) is 6.07 Å². The Labute approximate surface area is 208 Å². The quantitative estimate of drug-likeness (QED) is 0.184. The van der Waals surface area contributed by atoms with Crippen molar-refractivity contribution in [3.63, 3.8) is 0 Å². The minimum atomic E-state index is -0.372. The molecule has 7 heteroatoms. The molecule has 0 radical (unpaired) electrons. The van der Waals surface area contributed by atoms with Crippen LogP contribution < -0.4 is 4.74 Å². The summed E-state index contributed by atoms with van der Waals surface area (Å²) in [4.78, 5) is 23.7.